The fraction of sp³-hybridized carbons (Fsp3) is 0.381. The molecular weight excluding hydrogens is 348 g/mol. The monoisotopic (exact) mass is 376 g/mol. The summed E-state index contributed by atoms with van der Waals surface area (Å²) >= 11 is 0. The van der Waals surface area contributed by atoms with Crippen molar-refractivity contribution >= 4 is 18.3 Å². The molecule has 0 heterocycles. The first-order valence-electron chi connectivity index (χ1n) is 8.83. The van der Waals surface area contributed by atoms with Crippen LogP contribution in [0.1, 0.15) is 42.0 Å². The standard InChI is InChI=1S/C21H28N2O2.ClH/c1-16-11-12-17(2)20(14-16)25-13-7-6-10-21(24)23-15-19(22)18-8-4-3-5-9-18;/h3-5,8-9,11-12,14,19H,6-7,10,13,15,22H2,1-2H3,(H,23,24);1H. The quantitative estimate of drug-likeness (QED) is 0.648. The van der Waals surface area contributed by atoms with E-state index >= 15 is 0 Å². The van der Waals surface area contributed by atoms with Crippen LogP contribution in [0.3, 0.4) is 0 Å². The topological polar surface area (TPSA) is 64.3 Å². The van der Waals surface area contributed by atoms with Gasteiger partial charge in [-0.15, -0.1) is 12.4 Å². The number of benzene rings is 2. The number of aryl methyl sites for hydroxylation is 2. The number of ether oxygens (including phenoxy) is 1. The molecule has 0 radical (unpaired) electrons. The van der Waals surface area contributed by atoms with Crippen molar-refractivity contribution in [3.63, 3.8) is 0 Å². The van der Waals surface area contributed by atoms with Gasteiger partial charge in [-0.05, 0) is 49.4 Å². The second-order valence-electron chi connectivity index (χ2n) is 6.40. The maximum Gasteiger partial charge on any atom is 0.220 e. The Morgan fingerprint density at radius 3 is 2.58 bits per heavy atom. The Morgan fingerprint density at radius 2 is 1.85 bits per heavy atom. The van der Waals surface area contributed by atoms with Crippen LogP contribution in [-0.2, 0) is 4.79 Å². The molecular formula is C21H29ClN2O2. The molecule has 2 aromatic carbocycles. The van der Waals surface area contributed by atoms with E-state index in [9.17, 15) is 4.79 Å². The Labute approximate surface area is 162 Å². The number of hydrogen-bond donors (Lipinski definition) is 2. The minimum Gasteiger partial charge on any atom is -0.493 e. The molecule has 1 atom stereocenters. The normalized spacial score (nSPS) is 11.3. The highest BCUT2D eigenvalue weighted by atomic mass is 35.5. The van der Waals surface area contributed by atoms with Gasteiger partial charge in [-0.3, -0.25) is 4.79 Å². The largest absolute Gasteiger partial charge is 0.493 e. The summed E-state index contributed by atoms with van der Waals surface area (Å²) < 4.78 is 5.80. The van der Waals surface area contributed by atoms with E-state index < -0.39 is 0 Å². The summed E-state index contributed by atoms with van der Waals surface area (Å²) in [5.41, 5.74) is 9.43. The lowest BCUT2D eigenvalue weighted by Gasteiger charge is -2.13. The molecule has 1 amide bonds. The number of unbranched alkanes of at least 4 members (excludes halogenated alkanes) is 1. The SMILES string of the molecule is Cc1ccc(C)c(OCCCCC(=O)NCC(N)c2ccccc2)c1.Cl. The van der Waals surface area contributed by atoms with Crippen molar-refractivity contribution in [1.82, 2.24) is 5.32 Å². The molecule has 1 unspecified atom stereocenters. The lowest BCUT2D eigenvalue weighted by molar-refractivity contribution is -0.121. The Hall–Kier alpha value is -2.04. The van der Waals surface area contributed by atoms with Gasteiger partial charge in [0, 0.05) is 19.0 Å². The Morgan fingerprint density at radius 1 is 1.12 bits per heavy atom. The van der Waals surface area contributed by atoms with E-state index in [1.807, 2.05) is 43.3 Å². The summed E-state index contributed by atoms with van der Waals surface area (Å²) in [6.45, 7) is 5.18. The van der Waals surface area contributed by atoms with Gasteiger partial charge in [-0.25, -0.2) is 0 Å². The molecule has 2 aromatic rings. The summed E-state index contributed by atoms with van der Waals surface area (Å²) in [5.74, 6) is 0.969. The van der Waals surface area contributed by atoms with Crippen LogP contribution in [0.25, 0.3) is 0 Å². The van der Waals surface area contributed by atoms with E-state index in [4.69, 9.17) is 10.5 Å². The van der Waals surface area contributed by atoms with Crippen LogP contribution < -0.4 is 15.8 Å². The second kappa shape index (κ2) is 11.6. The second-order valence-corrected chi connectivity index (χ2v) is 6.40. The molecule has 0 aliphatic rings. The maximum atomic E-state index is 11.9. The van der Waals surface area contributed by atoms with E-state index in [0.717, 1.165) is 29.7 Å². The zero-order chi connectivity index (χ0) is 18.1. The van der Waals surface area contributed by atoms with Gasteiger partial charge < -0.3 is 15.8 Å². The predicted octanol–water partition coefficient (Wildman–Crippen LogP) is 4.09. The number of amides is 1. The average molecular weight is 377 g/mol. The van der Waals surface area contributed by atoms with Gasteiger partial charge in [-0.1, -0.05) is 42.5 Å². The molecule has 0 saturated carbocycles. The molecule has 0 fully saturated rings. The van der Waals surface area contributed by atoms with Crippen molar-refractivity contribution < 1.29 is 9.53 Å². The fourth-order valence-electron chi connectivity index (χ4n) is 2.56. The smallest absolute Gasteiger partial charge is 0.220 e. The first-order chi connectivity index (χ1) is 12.1. The third-order valence-corrected chi connectivity index (χ3v) is 4.15. The van der Waals surface area contributed by atoms with Gasteiger partial charge in [0.15, 0.2) is 0 Å². The molecule has 0 spiro atoms. The molecule has 26 heavy (non-hydrogen) atoms. The summed E-state index contributed by atoms with van der Waals surface area (Å²) in [4.78, 5) is 11.9. The molecule has 0 aromatic heterocycles. The van der Waals surface area contributed by atoms with Crippen LogP contribution in [0, 0.1) is 13.8 Å². The van der Waals surface area contributed by atoms with Crippen LogP contribution in [0.4, 0.5) is 0 Å². The Bertz CT molecular complexity index is 677. The van der Waals surface area contributed by atoms with Gasteiger partial charge in [-0.2, -0.15) is 0 Å². The average Bonchev–Trinajstić information content (AvgIpc) is 2.63. The molecule has 0 bridgehead atoms. The molecule has 5 heteroatoms. The molecule has 0 saturated heterocycles. The minimum atomic E-state index is -0.169. The lowest BCUT2D eigenvalue weighted by Crippen LogP contribution is -2.31. The maximum absolute atomic E-state index is 11.9. The van der Waals surface area contributed by atoms with Crippen molar-refractivity contribution in [2.45, 2.75) is 39.2 Å². The van der Waals surface area contributed by atoms with Crippen LogP contribution in [0.2, 0.25) is 0 Å². The molecule has 0 aliphatic carbocycles. The third kappa shape index (κ3) is 7.46. The highest BCUT2D eigenvalue weighted by Crippen LogP contribution is 2.19. The summed E-state index contributed by atoms with van der Waals surface area (Å²) in [7, 11) is 0. The van der Waals surface area contributed by atoms with Gasteiger partial charge in [0.1, 0.15) is 5.75 Å². The van der Waals surface area contributed by atoms with Crippen molar-refractivity contribution in [2.24, 2.45) is 5.73 Å². The van der Waals surface area contributed by atoms with Crippen molar-refractivity contribution in [3.05, 3.63) is 65.2 Å². The van der Waals surface area contributed by atoms with Gasteiger partial charge in [0.2, 0.25) is 5.91 Å². The van der Waals surface area contributed by atoms with E-state index in [1.165, 1.54) is 5.56 Å². The van der Waals surface area contributed by atoms with Gasteiger partial charge >= 0.3 is 0 Å². The first-order valence-corrected chi connectivity index (χ1v) is 8.83. The zero-order valence-electron chi connectivity index (χ0n) is 15.5. The molecule has 142 valence electrons. The number of carbonyl (C=O) groups is 1. The number of nitrogens with two attached hydrogens (primary N) is 1. The van der Waals surface area contributed by atoms with E-state index in [2.05, 4.69) is 24.4 Å². The van der Waals surface area contributed by atoms with Crippen LogP contribution >= 0.6 is 12.4 Å². The van der Waals surface area contributed by atoms with E-state index in [1.54, 1.807) is 0 Å². The lowest BCUT2D eigenvalue weighted by atomic mass is 10.1. The van der Waals surface area contributed by atoms with Gasteiger partial charge in [0.25, 0.3) is 0 Å². The number of hydrogen-bond acceptors (Lipinski definition) is 3. The molecule has 2 rings (SSSR count). The Kier molecular flexibility index (Phi) is 9.78. The van der Waals surface area contributed by atoms with Gasteiger partial charge in [0.05, 0.1) is 6.61 Å². The highest BCUT2D eigenvalue weighted by molar-refractivity contribution is 5.85. The Balaban J connectivity index is 0.00000338. The number of carbonyl (C=O) groups excluding carboxylic acids is 1. The van der Waals surface area contributed by atoms with Crippen molar-refractivity contribution in [2.75, 3.05) is 13.2 Å². The number of rotatable bonds is 9. The summed E-state index contributed by atoms with van der Waals surface area (Å²) in [6.07, 6.45) is 2.15. The highest BCUT2D eigenvalue weighted by Gasteiger charge is 2.07. The fourth-order valence-corrected chi connectivity index (χ4v) is 2.56. The van der Waals surface area contributed by atoms with E-state index in [0.29, 0.717) is 19.6 Å². The first kappa shape index (κ1) is 22.0. The molecule has 4 nitrogen and oxygen atoms in total. The summed E-state index contributed by atoms with van der Waals surface area (Å²) in [6, 6.07) is 15.8. The minimum absolute atomic E-state index is 0. The zero-order valence-corrected chi connectivity index (χ0v) is 16.4. The third-order valence-electron chi connectivity index (χ3n) is 4.15. The van der Waals surface area contributed by atoms with Crippen molar-refractivity contribution in [3.8, 4) is 5.75 Å². The number of halogens is 1. The van der Waals surface area contributed by atoms with Crippen LogP contribution in [0.5, 0.6) is 5.75 Å². The molecule has 3 N–H and O–H groups in total. The van der Waals surface area contributed by atoms with E-state index in [-0.39, 0.29) is 24.4 Å². The van der Waals surface area contributed by atoms with Crippen LogP contribution in [0.15, 0.2) is 48.5 Å². The predicted molar refractivity (Wildman–Crippen MR) is 109 cm³/mol. The van der Waals surface area contributed by atoms with Crippen LogP contribution in [-0.4, -0.2) is 19.1 Å². The van der Waals surface area contributed by atoms with Crippen molar-refractivity contribution in [1.29, 1.82) is 0 Å². The number of nitrogens with one attached hydrogen (secondary N) is 1. The summed E-state index contributed by atoms with van der Waals surface area (Å²) in [5, 5.41) is 2.90. The molecule has 0 aliphatic heterocycles.